The van der Waals surface area contributed by atoms with Crippen molar-refractivity contribution in [2.24, 2.45) is 0 Å². The van der Waals surface area contributed by atoms with Crippen LogP contribution in [0.15, 0.2) is 34.8 Å². The number of aldehydes is 1. The van der Waals surface area contributed by atoms with E-state index in [2.05, 4.69) is 15.9 Å². The Morgan fingerprint density at radius 2 is 1.86 bits per heavy atom. The second kappa shape index (κ2) is 6.67. The molecule has 0 aromatic heterocycles. The van der Waals surface area contributed by atoms with Crippen molar-refractivity contribution in [1.29, 1.82) is 0 Å². The minimum atomic E-state index is -0.925. The number of rotatable bonds is 5. The predicted molar refractivity (Wildman–Crippen MR) is 76.8 cm³/mol. The van der Waals surface area contributed by atoms with Gasteiger partial charge in [-0.1, -0.05) is 15.9 Å². The minimum absolute atomic E-state index is 0.0725. The van der Waals surface area contributed by atoms with Gasteiger partial charge in [-0.25, -0.2) is 8.78 Å². The monoisotopic (exact) mass is 356 g/mol. The molecule has 0 aliphatic heterocycles. The fraction of sp³-hybridized carbons (Fsp3) is 0.133. The van der Waals surface area contributed by atoms with Crippen molar-refractivity contribution in [2.45, 2.75) is 6.61 Å². The third-order valence-electron chi connectivity index (χ3n) is 2.77. The number of ether oxygens (including phenoxy) is 2. The van der Waals surface area contributed by atoms with Gasteiger partial charge in [-0.3, -0.25) is 4.79 Å². The van der Waals surface area contributed by atoms with Crippen molar-refractivity contribution in [3.63, 3.8) is 0 Å². The molecule has 0 unspecified atom stereocenters. The molecule has 0 N–H and O–H groups in total. The van der Waals surface area contributed by atoms with Gasteiger partial charge in [0, 0.05) is 15.6 Å². The van der Waals surface area contributed by atoms with E-state index in [4.69, 9.17) is 9.47 Å². The molecule has 110 valence electrons. The van der Waals surface area contributed by atoms with E-state index in [1.54, 1.807) is 18.2 Å². The van der Waals surface area contributed by atoms with Gasteiger partial charge in [0.05, 0.1) is 7.11 Å². The molecule has 0 saturated heterocycles. The van der Waals surface area contributed by atoms with E-state index in [-0.39, 0.29) is 12.2 Å². The van der Waals surface area contributed by atoms with Crippen LogP contribution in [0.3, 0.4) is 0 Å². The Morgan fingerprint density at radius 3 is 2.43 bits per heavy atom. The topological polar surface area (TPSA) is 35.5 Å². The summed E-state index contributed by atoms with van der Waals surface area (Å²) in [6.45, 7) is -0.0725. The lowest BCUT2D eigenvalue weighted by Gasteiger charge is -2.12. The maximum absolute atomic E-state index is 13.7. The molecule has 0 amide bonds. The zero-order valence-electron chi connectivity index (χ0n) is 11.0. The molecule has 0 radical (unpaired) electrons. The molecular formula is C15H11BrF2O3. The van der Waals surface area contributed by atoms with Gasteiger partial charge in [0.2, 0.25) is 0 Å². The summed E-state index contributed by atoms with van der Waals surface area (Å²) in [5, 5.41) is 0. The molecular weight excluding hydrogens is 346 g/mol. The van der Waals surface area contributed by atoms with Crippen molar-refractivity contribution >= 4 is 22.2 Å². The van der Waals surface area contributed by atoms with Gasteiger partial charge in [-0.05, 0) is 30.3 Å². The molecule has 0 fully saturated rings. The van der Waals surface area contributed by atoms with E-state index in [1.807, 2.05) is 0 Å². The quantitative estimate of drug-likeness (QED) is 0.755. The van der Waals surface area contributed by atoms with Crippen LogP contribution in [-0.4, -0.2) is 13.4 Å². The lowest BCUT2D eigenvalue weighted by atomic mass is 10.2. The van der Waals surface area contributed by atoms with Gasteiger partial charge >= 0.3 is 0 Å². The highest BCUT2D eigenvalue weighted by Crippen LogP contribution is 2.27. The first-order chi connectivity index (χ1) is 10.0. The molecule has 6 heteroatoms. The minimum Gasteiger partial charge on any atom is -0.496 e. The van der Waals surface area contributed by atoms with Crippen LogP contribution < -0.4 is 9.47 Å². The average molecular weight is 357 g/mol. The second-order valence-corrected chi connectivity index (χ2v) is 5.09. The molecule has 3 nitrogen and oxygen atoms in total. The van der Waals surface area contributed by atoms with Crippen molar-refractivity contribution in [3.05, 3.63) is 57.6 Å². The number of carbonyl (C=O) groups excluding carboxylic acids is 1. The van der Waals surface area contributed by atoms with Crippen LogP contribution in [0.1, 0.15) is 15.9 Å². The number of benzene rings is 2. The number of methoxy groups -OCH3 is 1. The second-order valence-electron chi connectivity index (χ2n) is 4.18. The summed E-state index contributed by atoms with van der Waals surface area (Å²) in [4.78, 5) is 10.5. The Kier molecular flexibility index (Phi) is 4.90. The molecule has 0 heterocycles. The maximum atomic E-state index is 13.7. The van der Waals surface area contributed by atoms with Crippen LogP contribution in [0.2, 0.25) is 0 Å². The molecule has 0 spiro atoms. The van der Waals surface area contributed by atoms with Gasteiger partial charge in [-0.2, -0.15) is 0 Å². The summed E-state index contributed by atoms with van der Waals surface area (Å²) in [6, 6.07) is 7.06. The Hall–Kier alpha value is -1.95. The summed E-state index contributed by atoms with van der Waals surface area (Å²) < 4.78 is 38.5. The largest absolute Gasteiger partial charge is 0.496 e. The first-order valence-electron chi connectivity index (χ1n) is 5.94. The van der Waals surface area contributed by atoms with E-state index < -0.39 is 17.4 Å². The van der Waals surface area contributed by atoms with Crippen molar-refractivity contribution in [3.8, 4) is 11.5 Å². The third-order valence-corrected chi connectivity index (χ3v) is 3.26. The number of hydrogen-bond donors (Lipinski definition) is 0. The Bertz CT molecular complexity index is 651. The molecule has 0 saturated carbocycles. The van der Waals surface area contributed by atoms with Gasteiger partial charge < -0.3 is 9.47 Å². The summed E-state index contributed by atoms with van der Waals surface area (Å²) in [7, 11) is 1.49. The maximum Gasteiger partial charge on any atom is 0.191 e. The van der Waals surface area contributed by atoms with Gasteiger partial charge in [-0.15, -0.1) is 0 Å². The lowest BCUT2D eigenvalue weighted by molar-refractivity contribution is 0.112. The summed E-state index contributed by atoms with van der Waals surface area (Å²) in [5.41, 5.74) is 0.544. The van der Waals surface area contributed by atoms with E-state index in [9.17, 15) is 13.6 Å². The standard InChI is InChI=1S/C15H11BrF2O3/c1-20-14-3-2-11(16)6-10(14)8-21-15-12(17)4-9(7-19)5-13(15)18/h2-7H,8H2,1H3. The lowest BCUT2D eigenvalue weighted by Crippen LogP contribution is -2.03. The normalized spacial score (nSPS) is 10.3. The molecule has 2 aromatic carbocycles. The Balaban J connectivity index is 2.24. The fourth-order valence-electron chi connectivity index (χ4n) is 1.80. The molecule has 21 heavy (non-hydrogen) atoms. The average Bonchev–Trinajstić information content (AvgIpc) is 2.46. The smallest absolute Gasteiger partial charge is 0.191 e. The number of carbonyl (C=O) groups is 1. The SMILES string of the molecule is COc1ccc(Br)cc1COc1c(F)cc(C=O)cc1F. The molecule has 2 rings (SSSR count). The van der Waals surface area contributed by atoms with Crippen LogP contribution in [0.25, 0.3) is 0 Å². The first-order valence-corrected chi connectivity index (χ1v) is 6.74. The zero-order chi connectivity index (χ0) is 15.4. The molecule has 2 aromatic rings. The fourth-order valence-corrected chi connectivity index (χ4v) is 2.20. The first kappa shape index (κ1) is 15.4. The predicted octanol–water partition coefficient (Wildman–Crippen LogP) is 4.13. The Morgan fingerprint density at radius 1 is 1.19 bits per heavy atom. The summed E-state index contributed by atoms with van der Waals surface area (Å²) in [5.74, 6) is -1.83. The van der Waals surface area contributed by atoms with Crippen LogP contribution in [0.5, 0.6) is 11.5 Å². The Labute approximate surface area is 128 Å². The van der Waals surface area contributed by atoms with Crippen LogP contribution in [0.4, 0.5) is 8.78 Å². The molecule has 0 aliphatic rings. The third kappa shape index (κ3) is 3.58. The van der Waals surface area contributed by atoms with E-state index in [0.717, 1.165) is 16.6 Å². The van der Waals surface area contributed by atoms with Crippen LogP contribution in [-0.2, 0) is 6.61 Å². The number of halogens is 3. The highest BCUT2D eigenvalue weighted by molar-refractivity contribution is 9.10. The van der Waals surface area contributed by atoms with Crippen molar-refractivity contribution < 1.29 is 23.0 Å². The summed E-state index contributed by atoms with van der Waals surface area (Å²) in [6.07, 6.45) is 0.368. The van der Waals surface area contributed by atoms with Crippen LogP contribution in [0, 0.1) is 11.6 Å². The van der Waals surface area contributed by atoms with Gasteiger partial charge in [0.25, 0.3) is 0 Å². The van der Waals surface area contributed by atoms with Crippen molar-refractivity contribution in [2.75, 3.05) is 7.11 Å². The van der Waals surface area contributed by atoms with Crippen molar-refractivity contribution in [1.82, 2.24) is 0 Å². The van der Waals surface area contributed by atoms with Gasteiger partial charge in [0.1, 0.15) is 18.6 Å². The highest BCUT2D eigenvalue weighted by Gasteiger charge is 2.14. The zero-order valence-corrected chi connectivity index (χ0v) is 12.6. The van der Waals surface area contributed by atoms with Gasteiger partial charge in [0.15, 0.2) is 17.4 Å². The van der Waals surface area contributed by atoms with E-state index >= 15 is 0 Å². The highest BCUT2D eigenvalue weighted by atomic mass is 79.9. The summed E-state index contributed by atoms with van der Waals surface area (Å²) >= 11 is 3.30. The van der Waals surface area contributed by atoms with Crippen LogP contribution >= 0.6 is 15.9 Å². The number of hydrogen-bond acceptors (Lipinski definition) is 3. The molecule has 0 atom stereocenters. The van der Waals surface area contributed by atoms with E-state index in [1.165, 1.54) is 7.11 Å². The molecule has 0 bridgehead atoms. The van der Waals surface area contributed by atoms with E-state index in [0.29, 0.717) is 17.6 Å². The molecule has 0 aliphatic carbocycles.